The Morgan fingerprint density at radius 1 is 1.18 bits per heavy atom. The highest BCUT2D eigenvalue weighted by Gasteiger charge is 2.06. The van der Waals surface area contributed by atoms with Gasteiger partial charge in [0.2, 0.25) is 0 Å². The smallest absolute Gasteiger partial charge is 0.197 e. The average molecular weight is 311 g/mol. The highest BCUT2D eigenvalue weighted by Crippen LogP contribution is 2.01. The van der Waals surface area contributed by atoms with Gasteiger partial charge in [-0.2, -0.15) is 0 Å². The lowest BCUT2D eigenvalue weighted by atomic mass is 10.1. The molecule has 1 aromatic rings. The number of Topliss-reactive ketones (excluding diaryl/α,β-unsaturated/α-hetero) is 2. The predicted octanol–water partition coefficient (Wildman–Crippen LogP) is 3.52. The molecule has 0 unspecified atom stereocenters. The van der Waals surface area contributed by atoms with E-state index >= 15 is 0 Å². The van der Waals surface area contributed by atoms with Crippen LogP contribution in [0.2, 0.25) is 0 Å². The normalized spacial score (nSPS) is 9.18. The molecule has 0 saturated carbocycles. The zero-order valence-corrected chi connectivity index (χ0v) is 14.9. The number of carbonyl (C=O) groups excluding carboxylic acids is 2. The van der Waals surface area contributed by atoms with Crippen LogP contribution in [-0.2, 0) is 11.8 Å². The summed E-state index contributed by atoms with van der Waals surface area (Å²) in [4.78, 5) is 25.4. The lowest BCUT2D eigenvalue weighted by molar-refractivity contribution is -0.117. The van der Waals surface area contributed by atoms with Gasteiger partial charge in [-0.25, -0.2) is 4.98 Å². The van der Waals surface area contributed by atoms with Gasteiger partial charge in [0, 0.05) is 32.3 Å². The maximum absolute atomic E-state index is 11.0. The van der Waals surface area contributed by atoms with Gasteiger partial charge in [0.05, 0.1) is 0 Å². The predicted molar refractivity (Wildman–Crippen MR) is 92.0 cm³/mol. The van der Waals surface area contributed by atoms with Crippen LogP contribution in [0.1, 0.15) is 76.8 Å². The highest BCUT2D eigenvalue weighted by atomic mass is 16.1. The molecule has 2 N–H and O–H groups in total. The molecule has 128 valence electrons. The molecule has 0 aliphatic heterocycles. The summed E-state index contributed by atoms with van der Waals surface area (Å²) in [6, 6.07) is 0. The third-order valence-electron chi connectivity index (χ3n) is 2.87. The molecule has 0 atom stereocenters. The summed E-state index contributed by atoms with van der Waals surface area (Å²) in [5, 5.41) is 0. The maximum Gasteiger partial charge on any atom is 0.197 e. The van der Waals surface area contributed by atoms with Crippen molar-refractivity contribution in [3.05, 3.63) is 18.2 Å². The van der Waals surface area contributed by atoms with Gasteiger partial charge in [-0.05, 0) is 26.3 Å². The van der Waals surface area contributed by atoms with Crippen molar-refractivity contribution in [3.8, 4) is 0 Å². The number of hydrogen-bond donors (Lipinski definition) is 1. The van der Waals surface area contributed by atoms with E-state index in [4.69, 9.17) is 5.73 Å². The van der Waals surface area contributed by atoms with Crippen LogP contribution in [0, 0.1) is 0 Å². The molecular weight excluding hydrogens is 278 g/mol. The number of nitrogens with two attached hydrogens (primary N) is 1. The molecule has 0 fully saturated rings. The van der Waals surface area contributed by atoms with E-state index in [-0.39, 0.29) is 5.78 Å². The zero-order chi connectivity index (χ0) is 17.4. The monoisotopic (exact) mass is 311 g/mol. The van der Waals surface area contributed by atoms with Gasteiger partial charge in [-0.15, -0.1) is 0 Å². The Balaban J connectivity index is 0. The van der Waals surface area contributed by atoms with Crippen molar-refractivity contribution in [3.63, 3.8) is 0 Å². The van der Waals surface area contributed by atoms with Gasteiger partial charge in [-0.3, -0.25) is 4.79 Å². The molecule has 0 amide bonds. The molecule has 0 spiro atoms. The first-order valence-corrected chi connectivity index (χ1v) is 8.22. The van der Waals surface area contributed by atoms with Crippen molar-refractivity contribution in [2.45, 2.75) is 66.2 Å². The number of ketones is 2. The summed E-state index contributed by atoms with van der Waals surface area (Å²) in [5.41, 5.74) is 5.30. The number of unbranched alkanes of at least 4 members (excludes halogenated alkanes) is 3. The molecule has 0 aliphatic carbocycles. The van der Waals surface area contributed by atoms with E-state index in [9.17, 15) is 9.59 Å². The SMILES string of the molecule is CC.CC(=O)CCCCCCN.CCC(=O)c1nccn1C. The van der Waals surface area contributed by atoms with Crippen LogP contribution >= 0.6 is 0 Å². The summed E-state index contributed by atoms with van der Waals surface area (Å²) in [6.07, 6.45) is 9.11. The second kappa shape index (κ2) is 15.9. The summed E-state index contributed by atoms with van der Waals surface area (Å²) in [7, 11) is 1.82. The van der Waals surface area contributed by atoms with Gasteiger partial charge in [0.1, 0.15) is 5.78 Å². The third-order valence-corrected chi connectivity index (χ3v) is 2.87. The number of aromatic nitrogens is 2. The molecule has 1 aromatic heterocycles. The van der Waals surface area contributed by atoms with Gasteiger partial charge in [0.15, 0.2) is 11.6 Å². The van der Waals surface area contributed by atoms with Gasteiger partial charge < -0.3 is 15.1 Å². The van der Waals surface area contributed by atoms with Crippen molar-refractivity contribution in [1.82, 2.24) is 9.55 Å². The first kappa shape index (κ1) is 22.8. The van der Waals surface area contributed by atoms with Crippen molar-refractivity contribution in [2.75, 3.05) is 6.54 Å². The van der Waals surface area contributed by atoms with Crippen LogP contribution in [0.4, 0.5) is 0 Å². The van der Waals surface area contributed by atoms with Gasteiger partial charge in [-0.1, -0.05) is 33.6 Å². The third kappa shape index (κ3) is 12.3. The van der Waals surface area contributed by atoms with Crippen LogP contribution in [0.3, 0.4) is 0 Å². The lowest BCUT2D eigenvalue weighted by Crippen LogP contribution is -2.05. The second-order valence-electron chi connectivity index (χ2n) is 4.79. The van der Waals surface area contributed by atoms with E-state index in [1.54, 1.807) is 23.9 Å². The summed E-state index contributed by atoms with van der Waals surface area (Å²) >= 11 is 0. The van der Waals surface area contributed by atoms with Gasteiger partial charge >= 0.3 is 0 Å². The Kier molecular flexibility index (Phi) is 16.5. The minimum Gasteiger partial charge on any atom is -0.332 e. The second-order valence-corrected chi connectivity index (χ2v) is 4.79. The van der Waals surface area contributed by atoms with Crippen molar-refractivity contribution >= 4 is 11.6 Å². The van der Waals surface area contributed by atoms with Crippen LogP contribution < -0.4 is 5.73 Å². The fraction of sp³-hybridized carbons (Fsp3) is 0.706. The van der Waals surface area contributed by atoms with E-state index in [1.807, 2.05) is 27.8 Å². The van der Waals surface area contributed by atoms with Crippen LogP contribution in [0.25, 0.3) is 0 Å². The fourth-order valence-electron chi connectivity index (χ4n) is 1.66. The molecule has 1 rings (SSSR count). The summed E-state index contributed by atoms with van der Waals surface area (Å²) in [6.45, 7) is 8.25. The Labute approximate surface area is 135 Å². The van der Waals surface area contributed by atoms with E-state index in [2.05, 4.69) is 4.98 Å². The van der Waals surface area contributed by atoms with Crippen molar-refractivity contribution < 1.29 is 9.59 Å². The van der Waals surface area contributed by atoms with Crippen molar-refractivity contribution in [2.24, 2.45) is 12.8 Å². The van der Waals surface area contributed by atoms with Crippen LogP contribution in [0.5, 0.6) is 0 Å². The Morgan fingerprint density at radius 2 is 1.77 bits per heavy atom. The van der Waals surface area contributed by atoms with E-state index in [0.29, 0.717) is 18.0 Å². The Morgan fingerprint density at radius 3 is 2.18 bits per heavy atom. The number of hydrogen-bond acceptors (Lipinski definition) is 4. The summed E-state index contributed by atoms with van der Waals surface area (Å²) in [5.74, 6) is 0.933. The molecule has 5 heteroatoms. The molecule has 5 nitrogen and oxygen atoms in total. The Hall–Kier alpha value is -1.49. The topological polar surface area (TPSA) is 78.0 Å². The number of nitrogens with zero attached hydrogens (tertiary/aromatic N) is 2. The molecule has 0 aliphatic rings. The molecule has 0 saturated heterocycles. The average Bonchev–Trinajstić information content (AvgIpc) is 2.95. The van der Waals surface area contributed by atoms with Gasteiger partial charge in [0.25, 0.3) is 0 Å². The van der Waals surface area contributed by atoms with Crippen molar-refractivity contribution in [1.29, 1.82) is 0 Å². The van der Waals surface area contributed by atoms with E-state index in [0.717, 1.165) is 32.2 Å². The standard InChI is InChI=1S/C8H17NO.C7H10N2O.C2H6/c1-8(10)6-4-2-3-5-7-9;1-3-6(10)7-8-4-5-9(7)2;1-2/h2-7,9H2,1H3;4-5H,3H2,1-2H3;1-2H3. The van der Waals surface area contributed by atoms with Crippen LogP contribution in [-0.4, -0.2) is 27.7 Å². The summed E-state index contributed by atoms with van der Waals surface area (Å²) < 4.78 is 1.73. The molecule has 1 heterocycles. The first-order valence-electron chi connectivity index (χ1n) is 8.22. The number of aryl methyl sites for hydroxylation is 1. The zero-order valence-electron chi connectivity index (χ0n) is 14.9. The molecule has 0 radical (unpaired) electrons. The number of carbonyl (C=O) groups is 2. The fourth-order valence-corrected chi connectivity index (χ4v) is 1.66. The number of rotatable bonds is 8. The quantitative estimate of drug-likeness (QED) is 0.588. The molecular formula is C17H33N3O2. The number of imidazole rings is 1. The Bertz CT molecular complexity index is 400. The largest absolute Gasteiger partial charge is 0.332 e. The molecule has 0 aromatic carbocycles. The first-order chi connectivity index (χ1) is 10.5. The maximum atomic E-state index is 11.0. The van der Waals surface area contributed by atoms with E-state index < -0.39 is 0 Å². The molecule has 0 bridgehead atoms. The van der Waals surface area contributed by atoms with Crippen LogP contribution in [0.15, 0.2) is 12.4 Å². The van der Waals surface area contributed by atoms with E-state index in [1.165, 1.54) is 6.42 Å². The minimum atomic E-state index is 0.0903. The molecule has 22 heavy (non-hydrogen) atoms. The lowest BCUT2D eigenvalue weighted by Gasteiger charge is -1.95. The highest BCUT2D eigenvalue weighted by molar-refractivity contribution is 5.92. The minimum absolute atomic E-state index is 0.0903.